The van der Waals surface area contributed by atoms with Gasteiger partial charge in [-0.05, 0) is 30.2 Å². The largest absolute Gasteiger partial charge is 0.497 e. The monoisotopic (exact) mass is 421 g/mol. The van der Waals surface area contributed by atoms with E-state index < -0.39 is 0 Å². The maximum Gasteiger partial charge on any atom is 0.322 e. The van der Waals surface area contributed by atoms with Crippen LogP contribution in [0.4, 0.5) is 10.5 Å². The zero-order valence-corrected chi connectivity index (χ0v) is 17.7. The molecule has 2 heterocycles. The molecule has 0 spiro atoms. The lowest BCUT2D eigenvalue weighted by atomic mass is 9.73. The average molecular weight is 421 g/mol. The third-order valence-electron chi connectivity index (χ3n) is 6.04. The highest BCUT2D eigenvalue weighted by Gasteiger charge is 2.54. The smallest absolute Gasteiger partial charge is 0.322 e. The van der Waals surface area contributed by atoms with E-state index in [1.165, 1.54) is 4.90 Å². The lowest BCUT2D eigenvalue weighted by molar-refractivity contribution is -0.159. The molecule has 7 nitrogen and oxygen atoms in total. The Kier molecular flexibility index (Phi) is 5.95. The minimum atomic E-state index is -0.323. The van der Waals surface area contributed by atoms with Gasteiger partial charge in [0.25, 0.3) is 0 Å². The molecule has 0 bridgehead atoms. The average Bonchev–Trinajstić information content (AvgIpc) is 2.76. The Balaban J connectivity index is 1.50. The first-order valence-corrected chi connectivity index (χ1v) is 10.4. The van der Waals surface area contributed by atoms with Crippen LogP contribution >= 0.6 is 0 Å². The number of benzene rings is 2. The molecule has 3 amide bonds. The van der Waals surface area contributed by atoms with Crippen molar-refractivity contribution in [1.29, 1.82) is 0 Å². The Morgan fingerprint density at radius 2 is 2.03 bits per heavy atom. The molecule has 7 heteroatoms. The normalized spacial score (nSPS) is 22.8. The predicted octanol–water partition coefficient (Wildman–Crippen LogP) is 2.93. The number of hydrogen-bond acceptors (Lipinski definition) is 4. The standard InChI is InChI=1S/C24H27N3O4/c1-3-5-16-8-10-17(11-9-16)23-20-13-26(14-22(29)27(20)21(23)15-28)24(30)25-18-6-4-7-19(12-18)31-2/h3-12,20-21,23,28H,13-15H2,1-2H3,(H,25,30)/b5-3+/t20-,21-,23+/m0/s1. The third kappa shape index (κ3) is 4.01. The second kappa shape index (κ2) is 8.81. The molecule has 2 fully saturated rings. The van der Waals surface area contributed by atoms with E-state index in [1.54, 1.807) is 36.3 Å². The zero-order chi connectivity index (χ0) is 22.0. The van der Waals surface area contributed by atoms with E-state index in [9.17, 15) is 14.7 Å². The highest BCUT2D eigenvalue weighted by Crippen LogP contribution is 2.43. The van der Waals surface area contributed by atoms with Crippen LogP contribution in [0.15, 0.2) is 54.6 Å². The number of fused-ring (bicyclic) bond motifs is 1. The van der Waals surface area contributed by atoms with Gasteiger partial charge in [-0.1, -0.05) is 42.5 Å². The molecule has 3 atom stereocenters. The van der Waals surface area contributed by atoms with Gasteiger partial charge in [-0.2, -0.15) is 0 Å². The van der Waals surface area contributed by atoms with Crippen LogP contribution < -0.4 is 10.1 Å². The number of amides is 3. The number of allylic oxidation sites excluding steroid dienone is 1. The van der Waals surface area contributed by atoms with Crippen LogP contribution in [0.25, 0.3) is 6.08 Å². The maximum atomic E-state index is 12.8. The number of hydrogen-bond donors (Lipinski definition) is 2. The van der Waals surface area contributed by atoms with Crippen LogP contribution in [-0.2, 0) is 4.79 Å². The fourth-order valence-corrected chi connectivity index (χ4v) is 4.58. The van der Waals surface area contributed by atoms with Gasteiger partial charge in [-0.3, -0.25) is 4.79 Å². The second-order valence-corrected chi connectivity index (χ2v) is 7.85. The van der Waals surface area contributed by atoms with E-state index in [4.69, 9.17) is 4.74 Å². The summed E-state index contributed by atoms with van der Waals surface area (Å²) >= 11 is 0. The van der Waals surface area contributed by atoms with Crippen molar-refractivity contribution >= 4 is 23.7 Å². The van der Waals surface area contributed by atoms with Crippen LogP contribution in [0.1, 0.15) is 24.0 Å². The van der Waals surface area contributed by atoms with Crippen molar-refractivity contribution in [2.75, 3.05) is 32.1 Å². The molecular weight excluding hydrogens is 394 g/mol. The summed E-state index contributed by atoms with van der Waals surface area (Å²) in [5, 5.41) is 12.8. The number of carbonyl (C=O) groups is 2. The number of methoxy groups -OCH3 is 1. The Labute approximate surface area is 181 Å². The third-order valence-corrected chi connectivity index (χ3v) is 6.04. The summed E-state index contributed by atoms with van der Waals surface area (Å²) in [5.41, 5.74) is 2.77. The van der Waals surface area contributed by atoms with Crippen molar-refractivity contribution in [1.82, 2.24) is 9.80 Å². The molecule has 0 aromatic heterocycles. The molecule has 2 aromatic carbocycles. The number of nitrogens with zero attached hydrogens (tertiary/aromatic N) is 2. The number of rotatable bonds is 5. The van der Waals surface area contributed by atoms with Crippen LogP contribution in [0.5, 0.6) is 5.75 Å². The lowest BCUT2D eigenvalue weighted by Crippen LogP contribution is -2.73. The van der Waals surface area contributed by atoms with Gasteiger partial charge < -0.3 is 25.0 Å². The number of anilines is 1. The molecule has 0 aliphatic carbocycles. The van der Waals surface area contributed by atoms with Gasteiger partial charge in [0.1, 0.15) is 12.3 Å². The molecule has 4 rings (SSSR count). The van der Waals surface area contributed by atoms with Gasteiger partial charge >= 0.3 is 6.03 Å². The zero-order valence-electron chi connectivity index (χ0n) is 17.7. The van der Waals surface area contributed by atoms with Gasteiger partial charge in [-0.25, -0.2) is 4.79 Å². The second-order valence-electron chi connectivity index (χ2n) is 7.85. The van der Waals surface area contributed by atoms with Crippen molar-refractivity contribution in [3.05, 3.63) is 65.7 Å². The molecule has 31 heavy (non-hydrogen) atoms. The Morgan fingerprint density at radius 1 is 1.26 bits per heavy atom. The van der Waals surface area contributed by atoms with Crippen molar-refractivity contribution in [2.24, 2.45) is 0 Å². The van der Waals surface area contributed by atoms with E-state index in [1.807, 2.05) is 43.3 Å². The van der Waals surface area contributed by atoms with Crippen LogP contribution in [0, 0.1) is 0 Å². The first-order chi connectivity index (χ1) is 15.0. The highest BCUT2D eigenvalue weighted by atomic mass is 16.5. The molecule has 0 saturated carbocycles. The molecule has 2 aliphatic rings. The minimum Gasteiger partial charge on any atom is -0.497 e. The van der Waals surface area contributed by atoms with E-state index in [0.29, 0.717) is 18.0 Å². The summed E-state index contributed by atoms with van der Waals surface area (Å²) in [6.45, 7) is 2.28. The number of carbonyl (C=O) groups excluding carboxylic acids is 2. The summed E-state index contributed by atoms with van der Waals surface area (Å²) in [7, 11) is 1.57. The first-order valence-electron chi connectivity index (χ1n) is 10.4. The number of ether oxygens (including phenoxy) is 1. The number of aliphatic hydroxyl groups excluding tert-OH is 1. The first kappa shape index (κ1) is 20.9. The van der Waals surface area contributed by atoms with Crippen molar-refractivity contribution < 1.29 is 19.4 Å². The lowest BCUT2D eigenvalue weighted by Gasteiger charge is -2.58. The van der Waals surface area contributed by atoms with Gasteiger partial charge in [0, 0.05) is 24.2 Å². The van der Waals surface area contributed by atoms with Crippen molar-refractivity contribution in [3.8, 4) is 5.75 Å². The summed E-state index contributed by atoms with van der Waals surface area (Å²) in [6.07, 6.45) is 4.00. The maximum absolute atomic E-state index is 12.8. The topological polar surface area (TPSA) is 82.1 Å². The molecule has 0 unspecified atom stereocenters. The summed E-state index contributed by atoms with van der Waals surface area (Å²) < 4.78 is 5.20. The van der Waals surface area contributed by atoms with Gasteiger partial charge in [0.05, 0.1) is 25.8 Å². The van der Waals surface area contributed by atoms with E-state index >= 15 is 0 Å². The Hall–Kier alpha value is -3.32. The van der Waals surface area contributed by atoms with E-state index in [0.717, 1.165) is 11.1 Å². The Bertz CT molecular complexity index is 989. The quantitative estimate of drug-likeness (QED) is 0.778. The van der Waals surface area contributed by atoms with Crippen LogP contribution in [0.2, 0.25) is 0 Å². The van der Waals surface area contributed by atoms with Crippen molar-refractivity contribution in [2.45, 2.75) is 24.9 Å². The minimum absolute atomic E-state index is 0.00421. The number of nitrogens with one attached hydrogen (secondary N) is 1. The molecule has 2 N–H and O–H groups in total. The number of aliphatic hydroxyl groups is 1. The van der Waals surface area contributed by atoms with E-state index in [2.05, 4.69) is 5.32 Å². The summed E-state index contributed by atoms with van der Waals surface area (Å²) in [6, 6.07) is 14.5. The Morgan fingerprint density at radius 3 is 2.71 bits per heavy atom. The predicted molar refractivity (Wildman–Crippen MR) is 119 cm³/mol. The SMILES string of the molecule is C/C=C/c1ccc([C@H]2[C@H](CO)N3C(=O)CN(C(=O)Nc4cccc(OC)c4)C[C@@H]23)cc1. The van der Waals surface area contributed by atoms with Gasteiger partial charge in [0.15, 0.2) is 0 Å². The van der Waals surface area contributed by atoms with Crippen LogP contribution in [0.3, 0.4) is 0 Å². The fraction of sp³-hybridized carbons (Fsp3) is 0.333. The van der Waals surface area contributed by atoms with Gasteiger partial charge in [-0.15, -0.1) is 0 Å². The van der Waals surface area contributed by atoms with Crippen LogP contribution in [-0.4, -0.2) is 65.7 Å². The molecule has 2 aromatic rings. The van der Waals surface area contributed by atoms with E-state index in [-0.39, 0.29) is 43.1 Å². The highest BCUT2D eigenvalue weighted by molar-refractivity contribution is 5.94. The van der Waals surface area contributed by atoms with Gasteiger partial charge in [0.2, 0.25) is 5.91 Å². The summed E-state index contributed by atoms with van der Waals surface area (Å²) in [4.78, 5) is 28.9. The molecule has 162 valence electrons. The fourth-order valence-electron chi connectivity index (χ4n) is 4.58. The number of urea groups is 1. The summed E-state index contributed by atoms with van der Waals surface area (Å²) in [5.74, 6) is 0.490. The molecule has 0 radical (unpaired) electrons. The molecule has 2 aliphatic heterocycles. The van der Waals surface area contributed by atoms with Crippen molar-refractivity contribution in [3.63, 3.8) is 0 Å². The molecular formula is C24H27N3O4. The molecule has 2 saturated heterocycles. The number of piperazine rings is 1.